The molecule has 0 unspecified atom stereocenters. The molecule has 0 aliphatic heterocycles. The zero-order valence-electron chi connectivity index (χ0n) is 9.65. The first kappa shape index (κ1) is 12.7. The number of carbonyl (C=O) groups excluding carboxylic acids is 2. The number of amides is 2. The number of hydrogen-bond donors (Lipinski definition) is 2. The van der Waals surface area contributed by atoms with Crippen molar-refractivity contribution in [1.82, 2.24) is 5.32 Å². The summed E-state index contributed by atoms with van der Waals surface area (Å²) in [5.74, 6) is -1.40. The van der Waals surface area contributed by atoms with Crippen LogP contribution >= 0.6 is 0 Å². The number of hydrogen-bond acceptors (Lipinski definition) is 3. The van der Waals surface area contributed by atoms with Crippen molar-refractivity contribution >= 4 is 17.5 Å². The van der Waals surface area contributed by atoms with Crippen LogP contribution in [0.5, 0.6) is 0 Å². The highest BCUT2D eigenvalue weighted by Crippen LogP contribution is 2.08. The maximum absolute atomic E-state index is 11.4. The molecular formula is C12H13N3O2. The van der Waals surface area contributed by atoms with E-state index in [9.17, 15) is 9.59 Å². The topological polar surface area (TPSA) is 82.0 Å². The maximum Gasteiger partial charge on any atom is 0.313 e. The van der Waals surface area contributed by atoms with Crippen molar-refractivity contribution in [3.63, 3.8) is 0 Å². The highest BCUT2D eigenvalue weighted by atomic mass is 16.2. The van der Waals surface area contributed by atoms with Crippen LogP contribution < -0.4 is 10.6 Å². The Morgan fingerprint density at radius 1 is 1.18 bits per heavy atom. The first-order valence-corrected chi connectivity index (χ1v) is 5.15. The molecule has 5 nitrogen and oxygen atoms in total. The van der Waals surface area contributed by atoms with Crippen molar-refractivity contribution in [2.75, 3.05) is 5.32 Å². The molecule has 0 fully saturated rings. The number of rotatable bonds is 2. The monoisotopic (exact) mass is 231 g/mol. The minimum atomic E-state index is -0.719. The predicted octanol–water partition coefficient (Wildman–Crippen LogP) is 1.02. The molecule has 0 radical (unpaired) electrons. The molecule has 0 heterocycles. The molecule has 0 saturated carbocycles. The van der Waals surface area contributed by atoms with Gasteiger partial charge in [0, 0.05) is 11.7 Å². The molecule has 0 aromatic heterocycles. The Balaban J connectivity index is 2.62. The highest BCUT2D eigenvalue weighted by Gasteiger charge is 2.14. The lowest BCUT2D eigenvalue weighted by Gasteiger charge is -2.08. The normalized spacial score (nSPS) is 9.53. The molecule has 0 aliphatic carbocycles. The molecular weight excluding hydrogens is 218 g/mol. The Morgan fingerprint density at radius 2 is 1.76 bits per heavy atom. The average molecular weight is 231 g/mol. The Hall–Kier alpha value is -2.35. The second-order valence-electron chi connectivity index (χ2n) is 3.77. The number of anilines is 1. The van der Waals surface area contributed by atoms with Gasteiger partial charge in [-0.05, 0) is 38.1 Å². The summed E-state index contributed by atoms with van der Waals surface area (Å²) in [6.45, 7) is 3.54. The van der Waals surface area contributed by atoms with Gasteiger partial charge in [-0.1, -0.05) is 0 Å². The van der Waals surface area contributed by atoms with E-state index >= 15 is 0 Å². The van der Waals surface area contributed by atoms with Gasteiger partial charge in [-0.2, -0.15) is 5.26 Å². The number of nitrogens with one attached hydrogen (secondary N) is 2. The Labute approximate surface area is 99.4 Å². The van der Waals surface area contributed by atoms with E-state index in [4.69, 9.17) is 5.26 Å². The number of nitrogens with zero attached hydrogens (tertiary/aromatic N) is 1. The van der Waals surface area contributed by atoms with E-state index in [0.29, 0.717) is 11.3 Å². The predicted molar refractivity (Wildman–Crippen MR) is 63.1 cm³/mol. The van der Waals surface area contributed by atoms with Gasteiger partial charge >= 0.3 is 11.8 Å². The standard InChI is InChI=1S/C12H13N3O2/c1-8(2)14-11(16)12(17)15-10-5-3-9(7-13)4-6-10/h3-6,8H,1-2H3,(H,14,16)(H,15,17). The number of benzene rings is 1. The first-order valence-electron chi connectivity index (χ1n) is 5.15. The summed E-state index contributed by atoms with van der Waals surface area (Å²) in [5.41, 5.74) is 0.975. The van der Waals surface area contributed by atoms with Crippen LogP contribution in [0.15, 0.2) is 24.3 Å². The molecule has 0 saturated heterocycles. The van der Waals surface area contributed by atoms with Gasteiger partial charge in [-0.15, -0.1) is 0 Å². The summed E-state index contributed by atoms with van der Waals surface area (Å²) >= 11 is 0. The zero-order chi connectivity index (χ0) is 12.8. The minimum Gasteiger partial charge on any atom is -0.346 e. The van der Waals surface area contributed by atoms with Crippen LogP contribution in [0.3, 0.4) is 0 Å². The quantitative estimate of drug-likeness (QED) is 0.745. The summed E-state index contributed by atoms with van der Waals surface area (Å²) < 4.78 is 0. The highest BCUT2D eigenvalue weighted by molar-refractivity contribution is 6.39. The molecule has 0 aliphatic rings. The molecule has 88 valence electrons. The fourth-order valence-corrected chi connectivity index (χ4v) is 1.14. The fourth-order valence-electron chi connectivity index (χ4n) is 1.14. The van der Waals surface area contributed by atoms with Crippen molar-refractivity contribution < 1.29 is 9.59 Å². The molecule has 0 spiro atoms. The summed E-state index contributed by atoms with van der Waals surface area (Å²) in [7, 11) is 0. The Bertz CT molecular complexity index is 458. The number of carbonyl (C=O) groups is 2. The van der Waals surface area contributed by atoms with Gasteiger partial charge in [0.05, 0.1) is 11.6 Å². The van der Waals surface area contributed by atoms with Gasteiger partial charge in [0.1, 0.15) is 0 Å². The van der Waals surface area contributed by atoms with Crippen molar-refractivity contribution in [1.29, 1.82) is 5.26 Å². The van der Waals surface area contributed by atoms with Crippen LogP contribution in [0.1, 0.15) is 19.4 Å². The second kappa shape index (κ2) is 5.66. The van der Waals surface area contributed by atoms with Gasteiger partial charge in [0.25, 0.3) is 0 Å². The first-order chi connectivity index (χ1) is 8.02. The lowest BCUT2D eigenvalue weighted by Crippen LogP contribution is -2.39. The van der Waals surface area contributed by atoms with Gasteiger partial charge in [-0.25, -0.2) is 0 Å². The van der Waals surface area contributed by atoms with Crippen LogP contribution in [-0.2, 0) is 9.59 Å². The third-order valence-electron chi connectivity index (χ3n) is 1.90. The van der Waals surface area contributed by atoms with Gasteiger partial charge < -0.3 is 10.6 Å². The Morgan fingerprint density at radius 3 is 2.24 bits per heavy atom. The molecule has 2 N–H and O–H groups in total. The molecule has 2 amide bonds. The molecule has 1 rings (SSSR count). The van der Waals surface area contributed by atoms with Gasteiger partial charge in [0.2, 0.25) is 0 Å². The second-order valence-corrected chi connectivity index (χ2v) is 3.77. The van der Waals surface area contributed by atoms with Crippen molar-refractivity contribution in [3.05, 3.63) is 29.8 Å². The van der Waals surface area contributed by atoms with Crippen LogP contribution in [0.25, 0.3) is 0 Å². The van der Waals surface area contributed by atoms with Crippen molar-refractivity contribution in [2.24, 2.45) is 0 Å². The van der Waals surface area contributed by atoms with Crippen LogP contribution in [0.2, 0.25) is 0 Å². The SMILES string of the molecule is CC(C)NC(=O)C(=O)Nc1ccc(C#N)cc1. The van der Waals surface area contributed by atoms with E-state index < -0.39 is 11.8 Å². The average Bonchev–Trinajstić information content (AvgIpc) is 2.29. The summed E-state index contributed by atoms with van der Waals surface area (Å²) in [6, 6.07) is 8.14. The molecule has 1 aromatic rings. The lowest BCUT2D eigenvalue weighted by molar-refractivity contribution is -0.136. The van der Waals surface area contributed by atoms with E-state index in [1.54, 1.807) is 38.1 Å². The van der Waals surface area contributed by atoms with Gasteiger partial charge in [0.15, 0.2) is 0 Å². The number of nitriles is 1. The summed E-state index contributed by atoms with van der Waals surface area (Å²) in [5, 5.41) is 13.5. The van der Waals surface area contributed by atoms with E-state index in [0.717, 1.165) is 0 Å². The largest absolute Gasteiger partial charge is 0.346 e. The Kier molecular flexibility index (Phi) is 4.23. The van der Waals surface area contributed by atoms with Crippen LogP contribution in [0, 0.1) is 11.3 Å². The molecule has 5 heteroatoms. The third kappa shape index (κ3) is 3.95. The lowest BCUT2D eigenvalue weighted by atomic mass is 10.2. The van der Waals surface area contributed by atoms with E-state index in [1.165, 1.54) is 0 Å². The smallest absolute Gasteiger partial charge is 0.313 e. The summed E-state index contributed by atoms with van der Waals surface area (Å²) in [6.07, 6.45) is 0. The molecule has 0 bridgehead atoms. The van der Waals surface area contributed by atoms with E-state index in [1.807, 2.05) is 6.07 Å². The third-order valence-corrected chi connectivity index (χ3v) is 1.90. The van der Waals surface area contributed by atoms with Crippen LogP contribution in [-0.4, -0.2) is 17.9 Å². The zero-order valence-corrected chi connectivity index (χ0v) is 9.65. The van der Waals surface area contributed by atoms with Crippen molar-refractivity contribution in [3.8, 4) is 6.07 Å². The van der Waals surface area contributed by atoms with Gasteiger partial charge in [-0.3, -0.25) is 9.59 Å². The van der Waals surface area contributed by atoms with Crippen LogP contribution in [0.4, 0.5) is 5.69 Å². The maximum atomic E-state index is 11.4. The molecule has 0 atom stereocenters. The fraction of sp³-hybridized carbons (Fsp3) is 0.250. The van der Waals surface area contributed by atoms with E-state index in [2.05, 4.69) is 10.6 Å². The summed E-state index contributed by atoms with van der Waals surface area (Å²) in [4.78, 5) is 22.7. The minimum absolute atomic E-state index is 0.0887. The van der Waals surface area contributed by atoms with Crippen molar-refractivity contribution in [2.45, 2.75) is 19.9 Å². The molecule has 17 heavy (non-hydrogen) atoms. The molecule has 1 aromatic carbocycles. The van der Waals surface area contributed by atoms with E-state index in [-0.39, 0.29) is 6.04 Å².